The Morgan fingerprint density at radius 2 is 1.80 bits per heavy atom. The third-order valence-electron chi connectivity index (χ3n) is 4.75. The molecule has 0 unspecified atom stereocenters. The minimum absolute atomic E-state index is 0.602. The van der Waals surface area contributed by atoms with Gasteiger partial charge in [0.25, 0.3) is 0 Å². The fourth-order valence-corrected chi connectivity index (χ4v) is 3.51. The number of anilines is 2. The highest BCUT2D eigenvalue weighted by molar-refractivity contribution is 5.48. The minimum Gasteiger partial charge on any atom is -0.384 e. The van der Waals surface area contributed by atoms with E-state index in [1.54, 1.807) is 0 Å². The third kappa shape index (κ3) is 3.42. The van der Waals surface area contributed by atoms with E-state index in [9.17, 15) is 0 Å². The van der Waals surface area contributed by atoms with Crippen molar-refractivity contribution in [1.82, 2.24) is 9.88 Å². The Hall–Kier alpha value is -1.29. The van der Waals surface area contributed by atoms with Gasteiger partial charge in [-0.1, -0.05) is 19.3 Å². The smallest absolute Gasteiger partial charge is 0.123 e. The maximum atomic E-state index is 5.64. The predicted octanol–water partition coefficient (Wildman–Crippen LogP) is 2.37. The molecule has 20 heavy (non-hydrogen) atoms. The molecule has 2 heterocycles. The Morgan fingerprint density at radius 3 is 2.45 bits per heavy atom. The van der Waals surface area contributed by atoms with Crippen LogP contribution in [0.25, 0.3) is 0 Å². The predicted molar refractivity (Wildman–Crippen MR) is 83.9 cm³/mol. The number of nitrogens with two attached hydrogens (primary N) is 1. The van der Waals surface area contributed by atoms with E-state index in [0.29, 0.717) is 5.82 Å². The molecule has 2 fully saturated rings. The van der Waals surface area contributed by atoms with E-state index in [-0.39, 0.29) is 0 Å². The van der Waals surface area contributed by atoms with E-state index in [1.807, 2.05) is 12.3 Å². The van der Waals surface area contributed by atoms with Crippen molar-refractivity contribution >= 4 is 11.5 Å². The number of pyridine rings is 1. The van der Waals surface area contributed by atoms with Crippen LogP contribution in [0.4, 0.5) is 11.5 Å². The standard InChI is InChI=1S/C16H26N4/c17-16-7-6-15(12-18-16)20-10-8-19(9-11-20)13-14-4-2-1-3-5-14/h6-7,12,14H,1-5,8-11,13H2,(H2,17,18). The van der Waals surface area contributed by atoms with Crippen LogP contribution in [0.1, 0.15) is 32.1 Å². The Labute approximate surface area is 122 Å². The number of piperazine rings is 1. The quantitative estimate of drug-likeness (QED) is 0.919. The van der Waals surface area contributed by atoms with Crippen LogP contribution in [0.5, 0.6) is 0 Å². The summed E-state index contributed by atoms with van der Waals surface area (Å²) in [6, 6.07) is 3.98. The maximum absolute atomic E-state index is 5.64. The van der Waals surface area contributed by atoms with Gasteiger partial charge in [-0.2, -0.15) is 0 Å². The Bertz CT molecular complexity index is 403. The second-order valence-corrected chi connectivity index (χ2v) is 6.23. The van der Waals surface area contributed by atoms with Crippen molar-refractivity contribution in [3.05, 3.63) is 18.3 Å². The largest absolute Gasteiger partial charge is 0.384 e. The first-order valence-electron chi connectivity index (χ1n) is 8.00. The highest BCUT2D eigenvalue weighted by atomic mass is 15.3. The second-order valence-electron chi connectivity index (χ2n) is 6.23. The number of hydrogen-bond donors (Lipinski definition) is 1. The zero-order chi connectivity index (χ0) is 13.8. The summed E-state index contributed by atoms with van der Waals surface area (Å²) in [6.45, 7) is 5.90. The van der Waals surface area contributed by atoms with Crippen LogP contribution in [-0.2, 0) is 0 Å². The van der Waals surface area contributed by atoms with Gasteiger partial charge < -0.3 is 10.6 Å². The topological polar surface area (TPSA) is 45.4 Å². The zero-order valence-electron chi connectivity index (χ0n) is 12.3. The van der Waals surface area contributed by atoms with Crippen molar-refractivity contribution in [3.8, 4) is 0 Å². The fourth-order valence-electron chi connectivity index (χ4n) is 3.51. The summed E-state index contributed by atoms with van der Waals surface area (Å²) >= 11 is 0. The second kappa shape index (κ2) is 6.44. The van der Waals surface area contributed by atoms with Crippen molar-refractivity contribution < 1.29 is 0 Å². The molecule has 1 aromatic heterocycles. The Balaban J connectivity index is 1.47. The normalized spacial score (nSPS) is 22.1. The molecule has 3 rings (SSSR count). The summed E-state index contributed by atoms with van der Waals surface area (Å²) < 4.78 is 0. The first-order chi connectivity index (χ1) is 9.81. The molecular weight excluding hydrogens is 248 g/mol. The highest BCUT2D eigenvalue weighted by Gasteiger charge is 2.21. The summed E-state index contributed by atoms with van der Waals surface area (Å²) in [5, 5.41) is 0. The molecule has 2 aliphatic rings. The van der Waals surface area contributed by atoms with E-state index in [2.05, 4.69) is 20.9 Å². The van der Waals surface area contributed by atoms with E-state index >= 15 is 0 Å². The molecule has 0 aromatic carbocycles. The third-order valence-corrected chi connectivity index (χ3v) is 4.75. The van der Waals surface area contributed by atoms with Crippen molar-refractivity contribution in [1.29, 1.82) is 0 Å². The van der Waals surface area contributed by atoms with Gasteiger partial charge >= 0.3 is 0 Å². The number of hydrogen-bond acceptors (Lipinski definition) is 4. The molecule has 0 bridgehead atoms. The molecule has 0 spiro atoms. The molecular formula is C16H26N4. The van der Waals surface area contributed by atoms with Gasteiger partial charge in [0.05, 0.1) is 11.9 Å². The van der Waals surface area contributed by atoms with Crippen LogP contribution < -0.4 is 10.6 Å². The van der Waals surface area contributed by atoms with Crippen molar-refractivity contribution in [3.63, 3.8) is 0 Å². The van der Waals surface area contributed by atoms with Gasteiger partial charge in [-0.15, -0.1) is 0 Å². The molecule has 2 N–H and O–H groups in total. The molecule has 4 nitrogen and oxygen atoms in total. The molecule has 0 amide bonds. The van der Waals surface area contributed by atoms with Crippen LogP contribution in [0, 0.1) is 5.92 Å². The van der Waals surface area contributed by atoms with Gasteiger partial charge in [0, 0.05) is 32.7 Å². The SMILES string of the molecule is Nc1ccc(N2CCN(CC3CCCCC3)CC2)cn1. The lowest BCUT2D eigenvalue weighted by Gasteiger charge is -2.38. The van der Waals surface area contributed by atoms with Crippen molar-refractivity contribution in [2.45, 2.75) is 32.1 Å². The molecule has 110 valence electrons. The summed E-state index contributed by atoms with van der Waals surface area (Å²) in [5.74, 6) is 1.55. The van der Waals surface area contributed by atoms with Gasteiger partial charge in [0.15, 0.2) is 0 Å². The first-order valence-corrected chi connectivity index (χ1v) is 8.00. The Kier molecular flexibility index (Phi) is 4.41. The molecule has 0 radical (unpaired) electrons. The highest BCUT2D eigenvalue weighted by Crippen LogP contribution is 2.25. The van der Waals surface area contributed by atoms with E-state index in [4.69, 9.17) is 5.73 Å². The van der Waals surface area contributed by atoms with Crippen LogP contribution >= 0.6 is 0 Å². The fraction of sp³-hybridized carbons (Fsp3) is 0.688. The summed E-state index contributed by atoms with van der Waals surface area (Å²) in [4.78, 5) is 9.26. The van der Waals surface area contributed by atoms with Gasteiger partial charge in [-0.3, -0.25) is 4.90 Å². The zero-order valence-corrected chi connectivity index (χ0v) is 12.3. The van der Waals surface area contributed by atoms with Crippen LogP contribution in [0.15, 0.2) is 18.3 Å². The molecule has 1 aromatic rings. The molecule has 1 saturated heterocycles. The minimum atomic E-state index is 0.602. The van der Waals surface area contributed by atoms with E-state index < -0.39 is 0 Å². The van der Waals surface area contributed by atoms with Gasteiger partial charge in [-0.05, 0) is 30.9 Å². The molecule has 0 atom stereocenters. The van der Waals surface area contributed by atoms with Crippen LogP contribution in [0.3, 0.4) is 0 Å². The molecule has 4 heteroatoms. The number of rotatable bonds is 3. The maximum Gasteiger partial charge on any atom is 0.123 e. The van der Waals surface area contributed by atoms with Gasteiger partial charge in [0.1, 0.15) is 5.82 Å². The van der Waals surface area contributed by atoms with Gasteiger partial charge in [-0.25, -0.2) is 4.98 Å². The summed E-state index contributed by atoms with van der Waals surface area (Å²) in [5.41, 5.74) is 6.85. The van der Waals surface area contributed by atoms with Crippen molar-refractivity contribution in [2.24, 2.45) is 5.92 Å². The van der Waals surface area contributed by atoms with Crippen molar-refractivity contribution in [2.75, 3.05) is 43.4 Å². The average molecular weight is 274 g/mol. The number of nitrogen functional groups attached to an aromatic ring is 1. The lowest BCUT2D eigenvalue weighted by Crippen LogP contribution is -2.48. The van der Waals surface area contributed by atoms with E-state index in [0.717, 1.165) is 19.0 Å². The van der Waals surface area contributed by atoms with Crippen LogP contribution in [-0.4, -0.2) is 42.6 Å². The average Bonchev–Trinajstić information content (AvgIpc) is 2.50. The molecule has 1 saturated carbocycles. The van der Waals surface area contributed by atoms with Crippen LogP contribution in [0.2, 0.25) is 0 Å². The molecule has 1 aliphatic heterocycles. The lowest BCUT2D eigenvalue weighted by molar-refractivity contribution is 0.192. The number of nitrogens with zero attached hydrogens (tertiary/aromatic N) is 3. The summed E-state index contributed by atoms with van der Waals surface area (Å²) in [7, 11) is 0. The monoisotopic (exact) mass is 274 g/mol. The number of aromatic nitrogens is 1. The van der Waals surface area contributed by atoms with E-state index in [1.165, 1.54) is 57.4 Å². The van der Waals surface area contributed by atoms with Gasteiger partial charge in [0.2, 0.25) is 0 Å². The summed E-state index contributed by atoms with van der Waals surface area (Å²) in [6.07, 6.45) is 9.13. The first kappa shape index (κ1) is 13.7. The Morgan fingerprint density at radius 1 is 1.05 bits per heavy atom. The molecule has 1 aliphatic carbocycles. The lowest BCUT2D eigenvalue weighted by atomic mass is 9.89.